The molecule has 0 aliphatic heterocycles. The molecule has 0 spiro atoms. The topological polar surface area (TPSA) is 49.3 Å². The number of nitrogens with one attached hydrogen (secondary N) is 1. The Kier molecular flexibility index (Phi) is 4.48. The molecule has 98 valence electrons. The molecule has 2 rings (SSSR count). The zero-order chi connectivity index (χ0) is 13.0. The van der Waals surface area contributed by atoms with E-state index in [2.05, 4.69) is 5.32 Å². The van der Waals surface area contributed by atoms with E-state index in [-0.39, 0.29) is 5.92 Å². The van der Waals surface area contributed by atoms with Crippen LogP contribution in [-0.4, -0.2) is 17.6 Å². The molecule has 1 fully saturated rings. The summed E-state index contributed by atoms with van der Waals surface area (Å²) in [7, 11) is 0. The van der Waals surface area contributed by atoms with Gasteiger partial charge in [0.05, 0.1) is 5.92 Å². The predicted octanol–water partition coefficient (Wildman–Crippen LogP) is 3.64. The minimum Gasteiger partial charge on any atom is -0.481 e. The first-order valence-corrected chi connectivity index (χ1v) is 6.75. The second-order valence-corrected chi connectivity index (χ2v) is 5.38. The van der Waals surface area contributed by atoms with Crippen molar-refractivity contribution in [3.8, 4) is 0 Å². The van der Waals surface area contributed by atoms with Gasteiger partial charge in [-0.25, -0.2) is 0 Å². The third-order valence-electron chi connectivity index (χ3n) is 3.64. The van der Waals surface area contributed by atoms with Crippen LogP contribution in [0.25, 0.3) is 0 Å². The number of hydrogen-bond donors (Lipinski definition) is 2. The van der Waals surface area contributed by atoms with Crippen LogP contribution in [-0.2, 0) is 4.79 Å². The van der Waals surface area contributed by atoms with Crippen molar-refractivity contribution in [3.05, 3.63) is 29.3 Å². The number of halogens is 1. The molecule has 0 aromatic heterocycles. The number of anilines is 1. The van der Waals surface area contributed by atoms with Gasteiger partial charge in [-0.05, 0) is 55.9 Å². The molecule has 0 atom stereocenters. The van der Waals surface area contributed by atoms with E-state index in [1.165, 1.54) is 0 Å². The number of carboxylic acids is 1. The van der Waals surface area contributed by atoms with Crippen LogP contribution in [0.4, 0.5) is 5.69 Å². The van der Waals surface area contributed by atoms with Crippen LogP contribution in [0.15, 0.2) is 24.3 Å². The first-order chi connectivity index (χ1) is 8.65. The van der Waals surface area contributed by atoms with Gasteiger partial charge in [0.25, 0.3) is 0 Å². The summed E-state index contributed by atoms with van der Waals surface area (Å²) in [5, 5.41) is 13.0. The zero-order valence-electron chi connectivity index (χ0n) is 10.2. The minimum atomic E-state index is -0.640. The van der Waals surface area contributed by atoms with E-state index in [1.54, 1.807) is 0 Å². The Hall–Kier alpha value is -1.22. The number of carboxylic acid groups (broad SMARTS) is 1. The van der Waals surface area contributed by atoms with Gasteiger partial charge in [0.1, 0.15) is 0 Å². The van der Waals surface area contributed by atoms with Gasteiger partial charge in [-0.1, -0.05) is 11.6 Å². The average molecular weight is 268 g/mol. The summed E-state index contributed by atoms with van der Waals surface area (Å²) in [6, 6.07) is 7.66. The minimum absolute atomic E-state index is 0.128. The number of benzene rings is 1. The first-order valence-electron chi connectivity index (χ1n) is 6.37. The Morgan fingerprint density at radius 2 is 1.83 bits per heavy atom. The molecule has 0 unspecified atom stereocenters. The largest absolute Gasteiger partial charge is 0.481 e. The lowest BCUT2D eigenvalue weighted by atomic mass is 9.82. The molecular formula is C14H18ClNO2. The Bertz CT molecular complexity index is 397. The SMILES string of the molecule is O=C(O)C1CCC(CNc2ccc(Cl)cc2)CC1. The maximum atomic E-state index is 10.8. The van der Waals surface area contributed by atoms with E-state index in [0.717, 1.165) is 42.9 Å². The Labute approximate surface area is 112 Å². The molecule has 1 aliphatic rings. The van der Waals surface area contributed by atoms with Gasteiger partial charge in [0.15, 0.2) is 0 Å². The highest BCUT2D eigenvalue weighted by Gasteiger charge is 2.25. The number of hydrogen-bond acceptors (Lipinski definition) is 2. The number of rotatable bonds is 4. The maximum Gasteiger partial charge on any atom is 0.306 e. The normalized spacial score (nSPS) is 23.6. The van der Waals surface area contributed by atoms with E-state index in [1.807, 2.05) is 24.3 Å². The summed E-state index contributed by atoms with van der Waals surface area (Å²) in [6.07, 6.45) is 3.61. The second-order valence-electron chi connectivity index (χ2n) is 4.94. The summed E-state index contributed by atoms with van der Waals surface area (Å²) in [5.41, 5.74) is 1.07. The van der Waals surface area contributed by atoms with Gasteiger partial charge in [0, 0.05) is 17.3 Å². The molecule has 1 aliphatic carbocycles. The van der Waals surface area contributed by atoms with Gasteiger partial charge < -0.3 is 10.4 Å². The predicted molar refractivity (Wildman–Crippen MR) is 73.0 cm³/mol. The highest BCUT2D eigenvalue weighted by molar-refractivity contribution is 6.30. The van der Waals surface area contributed by atoms with E-state index < -0.39 is 5.97 Å². The number of aliphatic carboxylic acids is 1. The third-order valence-corrected chi connectivity index (χ3v) is 3.89. The van der Waals surface area contributed by atoms with Crippen molar-refractivity contribution < 1.29 is 9.90 Å². The fourth-order valence-corrected chi connectivity index (χ4v) is 2.57. The van der Waals surface area contributed by atoms with E-state index in [9.17, 15) is 4.79 Å². The van der Waals surface area contributed by atoms with Crippen molar-refractivity contribution in [3.63, 3.8) is 0 Å². The molecular weight excluding hydrogens is 250 g/mol. The highest BCUT2D eigenvalue weighted by Crippen LogP contribution is 2.29. The van der Waals surface area contributed by atoms with E-state index in [4.69, 9.17) is 16.7 Å². The molecule has 0 amide bonds. The van der Waals surface area contributed by atoms with Crippen molar-refractivity contribution in [1.29, 1.82) is 0 Å². The second kappa shape index (κ2) is 6.10. The lowest BCUT2D eigenvalue weighted by Crippen LogP contribution is -2.25. The smallest absolute Gasteiger partial charge is 0.306 e. The number of carbonyl (C=O) groups is 1. The van der Waals surface area contributed by atoms with Crippen molar-refractivity contribution in [2.45, 2.75) is 25.7 Å². The highest BCUT2D eigenvalue weighted by atomic mass is 35.5. The van der Waals surface area contributed by atoms with Crippen molar-refractivity contribution in [2.24, 2.45) is 11.8 Å². The van der Waals surface area contributed by atoms with E-state index >= 15 is 0 Å². The van der Waals surface area contributed by atoms with Crippen molar-refractivity contribution in [2.75, 3.05) is 11.9 Å². The van der Waals surface area contributed by atoms with Crippen LogP contribution >= 0.6 is 11.6 Å². The molecule has 0 bridgehead atoms. The molecule has 1 aromatic carbocycles. The quantitative estimate of drug-likeness (QED) is 0.876. The van der Waals surface area contributed by atoms with Crippen LogP contribution in [0.2, 0.25) is 5.02 Å². The fraction of sp³-hybridized carbons (Fsp3) is 0.500. The molecule has 2 N–H and O–H groups in total. The Morgan fingerprint density at radius 1 is 1.22 bits per heavy atom. The third kappa shape index (κ3) is 3.64. The summed E-state index contributed by atoms with van der Waals surface area (Å²) in [4.78, 5) is 10.8. The molecule has 1 aromatic rings. The lowest BCUT2D eigenvalue weighted by molar-refractivity contribution is -0.143. The monoisotopic (exact) mass is 267 g/mol. The van der Waals surface area contributed by atoms with Gasteiger partial charge in [0.2, 0.25) is 0 Å². The Morgan fingerprint density at radius 3 is 2.39 bits per heavy atom. The average Bonchev–Trinajstić information content (AvgIpc) is 2.38. The van der Waals surface area contributed by atoms with Crippen LogP contribution in [0, 0.1) is 11.8 Å². The summed E-state index contributed by atoms with van der Waals surface area (Å²) in [5.74, 6) is -0.188. The van der Waals surface area contributed by atoms with Crippen LogP contribution in [0.3, 0.4) is 0 Å². The van der Waals surface area contributed by atoms with Crippen molar-refractivity contribution >= 4 is 23.3 Å². The van der Waals surface area contributed by atoms with Crippen molar-refractivity contribution in [1.82, 2.24) is 0 Å². The van der Waals surface area contributed by atoms with Gasteiger partial charge in [-0.2, -0.15) is 0 Å². The van der Waals surface area contributed by atoms with Gasteiger partial charge in [-0.3, -0.25) is 4.79 Å². The zero-order valence-corrected chi connectivity index (χ0v) is 11.0. The summed E-state index contributed by atoms with van der Waals surface area (Å²) < 4.78 is 0. The molecule has 3 nitrogen and oxygen atoms in total. The molecule has 0 radical (unpaired) electrons. The first kappa shape index (κ1) is 13.2. The molecule has 1 saturated carbocycles. The van der Waals surface area contributed by atoms with E-state index in [0.29, 0.717) is 5.92 Å². The lowest BCUT2D eigenvalue weighted by Gasteiger charge is -2.26. The standard InChI is InChI=1S/C14H18ClNO2/c15-12-5-7-13(8-6-12)16-9-10-1-3-11(4-2-10)14(17)18/h5-8,10-11,16H,1-4,9H2,(H,17,18). The van der Waals surface area contributed by atoms with Gasteiger partial charge in [-0.15, -0.1) is 0 Å². The van der Waals surface area contributed by atoms with Crippen LogP contribution < -0.4 is 5.32 Å². The molecule has 0 heterocycles. The molecule has 0 saturated heterocycles. The van der Waals surface area contributed by atoms with Crippen LogP contribution in [0.1, 0.15) is 25.7 Å². The van der Waals surface area contributed by atoms with Crippen LogP contribution in [0.5, 0.6) is 0 Å². The molecule has 4 heteroatoms. The Balaban J connectivity index is 1.75. The molecule has 18 heavy (non-hydrogen) atoms. The van der Waals surface area contributed by atoms with Gasteiger partial charge >= 0.3 is 5.97 Å². The fourth-order valence-electron chi connectivity index (χ4n) is 2.44. The summed E-state index contributed by atoms with van der Waals surface area (Å²) >= 11 is 5.82. The summed E-state index contributed by atoms with van der Waals surface area (Å²) in [6.45, 7) is 0.911. The maximum absolute atomic E-state index is 10.8.